The number of carbonyl (C=O) groups excluding carboxylic acids is 2. The number of hydrogen-bond donors (Lipinski definition) is 0. The van der Waals surface area contributed by atoms with Crippen LogP contribution in [0.25, 0.3) is 0 Å². The summed E-state index contributed by atoms with van der Waals surface area (Å²) < 4.78 is 10.2. The van der Waals surface area contributed by atoms with Crippen molar-refractivity contribution in [2.75, 3.05) is 32.8 Å². The van der Waals surface area contributed by atoms with E-state index in [2.05, 4.69) is 10.1 Å². The van der Waals surface area contributed by atoms with E-state index in [1.165, 1.54) is 11.8 Å². The largest absolute Gasteiger partial charge is 0.450 e. The van der Waals surface area contributed by atoms with Crippen molar-refractivity contribution in [1.82, 2.24) is 19.9 Å². The van der Waals surface area contributed by atoms with E-state index in [9.17, 15) is 9.59 Å². The van der Waals surface area contributed by atoms with Crippen LogP contribution in [0, 0.1) is 13.8 Å². The highest BCUT2D eigenvalue weighted by Gasteiger charge is 2.27. The molecule has 1 aliphatic heterocycles. The van der Waals surface area contributed by atoms with E-state index in [1.807, 2.05) is 13.8 Å². The van der Waals surface area contributed by atoms with Crippen LogP contribution in [0.1, 0.15) is 34.3 Å². The van der Waals surface area contributed by atoms with E-state index in [-0.39, 0.29) is 12.0 Å². The average Bonchev–Trinajstić information content (AvgIpc) is 3.04. The third-order valence-corrected chi connectivity index (χ3v) is 5.66. The molecule has 0 radical (unpaired) electrons. The van der Waals surface area contributed by atoms with Crippen molar-refractivity contribution in [1.29, 1.82) is 0 Å². The fourth-order valence-electron chi connectivity index (χ4n) is 2.99. The Hall–Kier alpha value is -2.55. The number of thioether (sulfide) groups is 1. The third kappa shape index (κ3) is 4.46. The van der Waals surface area contributed by atoms with Crippen LogP contribution in [-0.4, -0.2) is 64.7 Å². The Morgan fingerprint density at radius 2 is 1.93 bits per heavy atom. The van der Waals surface area contributed by atoms with Crippen LogP contribution < -0.4 is 0 Å². The van der Waals surface area contributed by atoms with Crippen molar-refractivity contribution in [3.05, 3.63) is 40.9 Å². The molecule has 2 amide bonds. The summed E-state index contributed by atoms with van der Waals surface area (Å²) in [6.45, 7) is 7.78. The van der Waals surface area contributed by atoms with Gasteiger partial charge < -0.3 is 19.1 Å². The monoisotopic (exact) mass is 404 g/mol. The van der Waals surface area contributed by atoms with Crippen LogP contribution in [0.4, 0.5) is 4.79 Å². The van der Waals surface area contributed by atoms with E-state index >= 15 is 0 Å². The fourth-order valence-corrected chi connectivity index (χ4v) is 4.13. The molecule has 0 aromatic carbocycles. The number of hydrogen-bond acceptors (Lipinski definition) is 7. The maximum atomic E-state index is 13.0. The van der Waals surface area contributed by atoms with E-state index < -0.39 is 0 Å². The highest BCUT2D eigenvalue weighted by Crippen LogP contribution is 2.28. The lowest BCUT2D eigenvalue weighted by Crippen LogP contribution is -2.50. The van der Waals surface area contributed by atoms with Crippen LogP contribution in [0.3, 0.4) is 0 Å². The second-order valence-electron chi connectivity index (χ2n) is 6.43. The van der Waals surface area contributed by atoms with E-state index in [1.54, 1.807) is 35.1 Å². The second-order valence-corrected chi connectivity index (χ2v) is 7.39. The Balaban J connectivity index is 1.66. The van der Waals surface area contributed by atoms with Crippen LogP contribution in [0.2, 0.25) is 0 Å². The maximum Gasteiger partial charge on any atom is 0.409 e. The minimum Gasteiger partial charge on any atom is -0.450 e. The summed E-state index contributed by atoms with van der Waals surface area (Å²) in [4.78, 5) is 32.6. The van der Waals surface area contributed by atoms with Gasteiger partial charge in [-0.15, -0.1) is 11.8 Å². The summed E-state index contributed by atoms with van der Waals surface area (Å²) in [7, 11) is 0. The zero-order valence-corrected chi connectivity index (χ0v) is 17.1. The molecule has 1 fully saturated rings. The highest BCUT2D eigenvalue weighted by atomic mass is 32.2. The number of pyridine rings is 1. The molecule has 0 unspecified atom stereocenters. The number of rotatable bonds is 5. The first-order chi connectivity index (χ1) is 13.5. The Morgan fingerprint density at radius 3 is 2.57 bits per heavy atom. The number of carbonyl (C=O) groups is 2. The van der Waals surface area contributed by atoms with Crippen molar-refractivity contribution in [3.63, 3.8) is 0 Å². The summed E-state index contributed by atoms with van der Waals surface area (Å²) >= 11 is 1.49. The first-order valence-electron chi connectivity index (χ1n) is 9.21. The van der Waals surface area contributed by atoms with Crippen molar-refractivity contribution in [2.45, 2.75) is 31.6 Å². The van der Waals surface area contributed by atoms with Gasteiger partial charge in [0.05, 0.1) is 17.9 Å². The molecule has 28 heavy (non-hydrogen) atoms. The van der Waals surface area contributed by atoms with Gasteiger partial charge in [-0.2, -0.15) is 0 Å². The van der Waals surface area contributed by atoms with Gasteiger partial charge in [0, 0.05) is 43.7 Å². The lowest BCUT2D eigenvalue weighted by molar-refractivity contribution is 0.0567. The lowest BCUT2D eigenvalue weighted by Gasteiger charge is -2.34. The molecular formula is C19H24N4O4S. The smallest absolute Gasteiger partial charge is 0.409 e. The number of aromatic nitrogens is 2. The lowest BCUT2D eigenvalue weighted by atomic mass is 10.2. The molecule has 8 nitrogen and oxygen atoms in total. The molecule has 3 heterocycles. The number of nitrogens with zero attached hydrogens (tertiary/aromatic N) is 4. The second kappa shape index (κ2) is 9.09. The predicted molar refractivity (Wildman–Crippen MR) is 104 cm³/mol. The normalized spacial score (nSPS) is 14.2. The Kier molecular flexibility index (Phi) is 6.56. The molecular weight excluding hydrogens is 380 g/mol. The molecule has 150 valence electrons. The molecule has 2 aromatic heterocycles. The summed E-state index contributed by atoms with van der Waals surface area (Å²) in [6.07, 6.45) is 1.36. The molecule has 9 heteroatoms. The van der Waals surface area contributed by atoms with Gasteiger partial charge in [0.1, 0.15) is 10.8 Å². The Bertz CT molecular complexity index is 827. The number of amides is 2. The molecule has 0 saturated carbocycles. The van der Waals surface area contributed by atoms with Gasteiger partial charge in [-0.1, -0.05) is 5.16 Å². The number of aryl methyl sites for hydroxylation is 2. The maximum absolute atomic E-state index is 13.0. The van der Waals surface area contributed by atoms with E-state index in [4.69, 9.17) is 9.26 Å². The van der Waals surface area contributed by atoms with Crippen molar-refractivity contribution < 1.29 is 18.8 Å². The minimum atomic E-state index is -0.327. The average molecular weight is 404 g/mol. The van der Waals surface area contributed by atoms with Gasteiger partial charge in [-0.25, -0.2) is 9.78 Å². The van der Waals surface area contributed by atoms with Gasteiger partial charge in [-0.3, -0.25) is 4.79 Å². The van der Waals surface area contributed by atoms with E-state index in [0.717, 1.165) is 17.0 Å². The van der Waals surface area contributed by atoms with Gasteiger partial charge >= 0.3 is 6.09 Å². The molecule has 3 rings (SSSR count). The highest BCUT2D eigenvalue weighted by molar-refractivity contribution is 7.98. The SMILES string of the molecule is CCOC(=O)N1CCN(C(=O)c2cccnc2SCc2c(C)noc2C)CC1. The van der Waals surface area contributed by atoms with Gasteiger partial charge in [-0.05, 0) is 32.9 Å². The zero-order chi connectivity index (χ0) is 20.1. The predicted octanol–water partition coefficient (Wildman–Crippen LogP) is 2.89. The molecule has 0 bridgehead atoms. The number of ether oxygens (including phenoxy) is 1. The molecule has 1 saturated heterocycles. The standard InChI is InChI=1S/C19H24N4O4S/c1-4-26-19(25)23-10-8-22(9-11-23)18(24)15-6-5-7-20-17(15)28-12-16-13(2)21-27-14(16)3/h5-7H,4,8-12H2,1-3H3. The topological polar surface area (TPSA) is 88.8 Å². The van der Waals surface area contributed by atoms with Gasteiger partial charge in [0.2, 0.25) is 0 Å². The first kappa shape index (κ1) is 20.2. The minimum absolute atomic E-state index is 0.0714. The van der Waals surface area contributed by atoms with Crippen LogP contribution in [-0.2, 0) is 10.5 Å². The molecule has 2 aromatic rings. The van der Waals surface area contributed by atoms with Crippen molar-refractivity contribution in [3.8, 4) is 0 Å². The van der Waals surface area contributed by atoms with Crippen LogP contribution in [0.15, 0.2) is 27.9 Å². The summed E-state index contributed by atoms with van der Waals surface area (Å²) in [5.41, 5.74) is 2.45. The van der Waals surface area contributed by atoms with Crippen LogP contribution in [0.5, 0.6) is 0 Å². The summed E-state index contributed by atoms with van der Waals surface area (Å²) in [5.74, 6) is 1.34. The number of piperazine rings is 1. The van der Waals surface area contributed by atoms with Gasteiger partial charge in [0.15, 0.2) is 0 Å². The zero-order valence-electron chi connectivity index (χ0n) is 16.3. The van der Waals surface area contributed by atoms with Crippen molar-refractivity contribution in [2.24, 2.45) is 0 Å². The van der Waals surface area contributed by atoms with Crippen molar-refractivity contribution >= 4 is 23.8 Å². The third-order valence-electron chi connectivity index (χ3n) is 4.63. The molecule has 0 spiro atoms. The quantitative estimate of drug-likeness (QED) is 0.708. The summed E-state index contributed by atoms with van der Waals surface area (Å²) in [6, 6.07) is 3.56. The Labute approximate surface area is 168 Å². The molecule has 1 aliphatic rings. The molecule has 0 atom stereocenters. The van der Waals surface area contributed by atoms with E-state index in [0.29, 0.717) is 49.1 Å². The molecule has 0 aliphatic carbocycles. The Morgan fingerprint density at radius 1 is 1.21 bits per heavy atom. The molecule has 0 N–H and O–H groups in total. The first-order valence-corrected chi connectivity index (χ1v) is 10.2. The van der Waals surface area contributed by atoms with Crippen LogP contribution >= 0.6 is 11.8 Å². The summed E-state index contributed by atoms with van der Waals surface area (Å²) in [5, 5.41) is 4.65. The fraction of sp³-hybridized carbons (Fsp3) is 0.474. The van der Waals surface area contributed by atoms with Gasteiger partial charge in [0.25, 0.3) is 5.91 Å².